The molecule has 1 aromatic carbocycles. The molecule has 0 aliphatic carbocycles. The minimum absolute atomic E-state index is 0.0181. The van der Waals surface area contributed by atoms with Crippen molar-refractivity contribution in [3.8, 4) is 11.5 Å². The summed E-state index contributed by atoms with van der Waals surface area (Å²) < 4.78 is 10.9. The molecular formula is C14H20N2O3. The van der Waals surface area contributed by atoms with Crippen LogP contribution in [0.25, 0.3) is 0 Å². The fourth-order valence-electron chi connectivity index (χ4n) is 1.79. The third-order valence-corrected chi connectivity index (χ3v) is 2.96. The van der Waals surface area contributed by atoms with Crippen molar-refractivity contribution < 1.29 is 14.3 Å². The lowest BCUT2D eigenvalue weighted by Gasteiger charge is -2.27. The topological polar surface area (TPSA) is 59.6 Å². The summed E-state index contributed by atoms with van der Waals surface area (Å²) in [6.45, 7) is 5.17. The van der Waals surface area contributed by atoms with Crippen molar-refractivity contribution in [2.45, 2.75) is 6.92 Å². The van der Waals surface area contributed by atoms with Gasteiger partial charge in [0, 0.05) is 25.6 Å². The Bertz CT molecular complexity index is 419. The summed E-state index contributed by atoms with van der Waals surface area (Å²) >= 11 is 0. The summed E-state index contributed by atoms with van der Waals surface area (Å²) in [6.07, 6.45) is 0. The van der Waals surface area contributed by atoms with E-state index in [0.717, 1.165) is 13.1 Å². The maximum Gasteiger partial charge on any atom is 0.257 e. The third-order valence-electron chi connectivity index (χ3n) is 2.96. The Morgan fingerprint density at radius 1 is 1.32 bits per heavy atom. The van der Waals surface area contributed by atoms with Crippen LogP contribution >= 0.6 is 0 Å². The van der Waals surface area contributed by atoms with Gasteiger partial charge in [-0.2, -0.15) is 0 Å². The van der Waals surface area contributed by atoms with Crippen LogP contribution in [0.5, 0.6) is 11.5 Å². The Kier molecular flexibility index (Phi) is 5.03. The van der Waals surface area contributed by atoms with Crippen LogP contribution in [0.2, 0.25) is 0 Å². The Morgan fingerprint density at radius 2 is 2.00 bits per heavy atom. The molecule has 1 amide bonds. The number of carbonyl (C=O) groups excluding carboxylic acids is 1. The van der Waals surface area contributed by atoms with E-state index in [9.17, 15) is 4.79 Å². The van der Waals surface area contributed by atoms with Crippen LogP contribution in [0.15, 0.2) is 24.3 Å². The molecule has 0 aromatic heterocycles. The summed E-state index contributed by atoms with van der Waals surface area (Å²) in [6, 6.07) is 7.36. The molecule has 0 radical (unpaired) electrons. The maximum atomic E-state index is 11.6. The van der Waals surface area contributed by atoms with Crippen molar-refractivity contribution in [2.24, 2.45) is 5.92 Å². The number of carbonyl (C=O) groups is 1. The van der Waals surface area contributed by atoms with E-state index in [1.54, 1.807) is 6.07 Å². The lowest BCUT2D eigenvalue weighted by atomic mass is 10.0. The number of rotatable bonds is 7. The molecule has 0 atom stereocenters. The van der Waals surface area contributed by atoms with Crippen molar-refractivity contribution in [1.29, 1.82) is 0 Å². The SMILES string of the molecule is CCOc1ccccc1OCC(=O)NCC1CNC1. The van der Waals surface area contributed by atoms with Gasteiger partial charge in [-0.3, -0.25) is 4.79 Å². The lowest BCUT2D eigenvalue weighted by molar-refractivity contribution is -0.123. The zero-order valence-electron chi connectivity index (χ0n) is 11.1. The average molecular weight is 264 g/mol. The molecule has 1 aliphatic rings. The highest BCUT2D eigenvalue weighted by atomic mass is 16.5. The van der Waals surface area contributed by atoms with Gasteiger partial charge < -0.3 is 20.1 Å². The molecule has 5 heteroatoms. The molecule has 5 nitrogen and oxygen atoms in total. The van der Waals surface area contributed by atoms with Gasteiger partial charge in [-0.05, 0) is 19.1 Å². The first-order valence-corrected chi connectivity index (χ1v) is 6.61. The Labute approximate surface area is 113 Å². The molecule has 19 heavy (non-hydrogen) atoms. The molecule has 2 N–H and O–H groups in total. The highest BCUT2D eigenvalue weighted by Crippen LogP contribution is 2.26. The summed E-state index contributed by atoms with van der Waals surface area (Å²) in [5.41, 5.74) is 0. The van der Waals surface area contributed by atoms with E-state index in [1.807, 2.05) is 25.1 Å². The number of para-hydroxylation sites is 2. The van der Waals surface area contributed by atoms with Gasteiger partial charge in [0.25, 0.3) is 5.91 Å². The fourth-order valence-corrected chi connectivity index (χ4v) is 1.79. The molecule has 1 aromatic rings. The van der Waals surface area contributed by atoms with E-state index in [1.165, 1.54) is 0 Å². The largest absolute Gasteiger partial charge is 0.490 e. The van der Waals surface area contributed by atoms with E-state index in [-0.39, 0.29) is 12.5 Å². The van der Waals surface area contributed by atoms with Crippen LogP contribution in [-0.2, 0) is 4.79 Å². The van der Waals surface area contributed by atoms with Gasteiger partial charge in [0.1, 0.15) is 0 Å². The molecule has 0 bridgehead atoms. The number of hydrogen-bond donors (Lipinski definition) is 2. The molecule has 0 spiro atoms. The van der Waals surface area contributed by atoms with E-state index in [0.29, 0.717) is 30.6 Å². The van der Waals surface area contributed by atoms with Crippen LogP contribution in [0.1, 0.15) is 6.92 Å². The van der Waals surface area contributed by atoms with Gasteiger partial charge in [0.2, 0.25) is 0 Å². The summed E-state index contributed by atoms with van der Waals surface area (Å²) in [5, 5.41) is 6.03. The molecule has 0 saturated carbocycles. The van der Waals surface area contributed by atoms with Crippen molar-refractivity contribution in [1.82, 2.24) is 10.6 Å². The average Bonchev–Trinajstić information content (AvgIpc) is 2.36. The molecule has 1 aliphatic heterocycles. The van der Waals surface area contributed by atoms with E-state index >= 15 is 0 Å². The highest BCUT2D eigenvalue weighted by molar-refractivity contribution is 5.77. The van der Waals surface area contributed by atoms with Crippen molar-refractivity contribution >= 4 is 5.91 Å². The number of ether oxygens (including phenoxy) is 2. The number of amides is 1. The Morgan fingerprint density at radius 3 is 2.58 bits per heavy atom. The molecular weight excluding hydrogens is 244 g/mol. The fraction of sp³-hybridized carbons (Fsp3) is 0.500. The zero-order valence-corrected chi connectivity index (χ0v) is 11.1. The van der Waals surface area contributed by atoms with Gasteiger partial charge >= 0.3 is 0 Å². The molecule has 1 saturated heterocycles. The monoisotopic (exact) mass is 264 g/mol. The molecule has 1 heterocycles. The zero-order chi connectivity index (χ0) is 13.5. The Balaban J connectivity index is 1.75. The minimum atomic E-state index is -0.0989. The van der Waals surface area contributed by atoms with Crippen LogP contribution in [-0.4, -0.2) is 38.8 Å². The van der Waals surface area contributed by atoms with Crippen LogP contribution in [0, 0.1) is 5.92 Å². The Hall–Kier alpha value is -1.75. The van der Waals surface area contributed by atoms with Crippen molar-refractivity contribution in [2.75, 3.05) is 32.8 Å². The second kappa shape index (κ2) is 6.99. The number of benzene rings is 1. The van der Waals surface area contributed by atoms with Crippen LogP contribution < -0.4 is 20.1 Å². The van der Waals surface area contributed by atoms with Gasteiger partial charge in [-0.25, -0.2) is 0 Å². The van der Waals surface area contributed by atoms with Crippen molar-refractivity contribution in [3.05, 3.63) is 24.3 Å². The molecule has 1 fully saturated rings. The van der Waals surface area contributed by atoms with Gasteiger partial charge in [0.05, 0.1) is 6.61 Å². The highest BCUT2D eigenvalue weighted by Gasteiger charge is 2.17. The maximum absolute atomic E-state index is 11.6. The lowest BCUT2D eigenvalue weighted by Crippen LogP contribution is -2.48. The first-order chi connectivity index (χ1) is 9.29. The number of nitrogens with one attached hydrogen (secondary N) is 2. The standard InChI is InChI=1S/C14H20N2O3/c1-2-18-12-5-3-4-6-13(12)19-10-14(17)16-9-11-7-15-8-11/h3-6,11,15H,2,7-10H2,1H3,(H,16,17). The number of hydrogen-bond acceptors (Lipinski definition) is 4. The van der Waals surface area contributed by atoms with Crippen LogP contribution in [0.3, 0.4) is 0 Å². The normalized spacial score (nSPS) is 14.6. The van der Waals surface area contributed by atoms with Gasteiger partial charge in [0.15, 0.2) is 18.1 Å². The van der Waals surface area contributed by atoms with Crippen LogP contribution in [0.4, 0.5) is 0 Å². The first kappa shape index (κ1) is 13.7. The predicted molar refractivity (Wildman–Crippen MR) is 72.5 cm³/mol. The van der Waals surface area contributed by atoms with Crippen molar-refractivity contribution in [3.63, 3.8) is 0 Å². The first-order valence-electron chi connectivity index (χ1n) is 6.61. The quantitative estimate of drug-likeness (QED) is 0.765. The summed E-state index contributed by atoms with van der Waals surface area (Å²) in [5.74, 6) is 1.73. The minimum Gasteiger partial charge on any atom is -0.490 e. The predicted octanol–water partition coefficient (Wildman–Crippen LogP) is 0.800. The van der Waals surface area contributed by atoms with Gasteiger partial charge in [-0.1, -0.05) is 12.1 Å². The second-order valence-electron chi connectivity index (χ2n) is 4.50. The molecule has 104 valence electrons. The van der Waals surface area contributed by atoms with Gasteiger partial charge in [-0.15, -0.1) is 0 Å². The molecule has 2 rings (SSSR count). The summed E-state index contributed by atoms with van der Waals surface area (Å²) in [4.78, 5) is 11.6. The second-order valence-corrected chi connectivity index (χ2v) is 4.50. The summed E-state index contributed by atoms with van der Waals surface area (Å²) in [7, 11) is 0. The van der Waals surface area contributed by atoms with E-state index in [4.69, 9.17) is 9.47 Å². The van der Waals surface area contributed by atoms with E-state index < -0.39 is 0 Å². The molecule has 0 unspecified atom stereocenters. The van der Waals surface area contributed by atoms with E-state index in [2.05, 4.69) is 10.6 Å². The third kappa shape index (κ3) is 4.13. The smallest absolute Gasteiger partial charge is 0.257 e.